The summed E-state index contributed by atoms with van der Waals surface area (Å²) in [6.45, 7) is -1.04. The van der Waals surface area contributed by atoms with Crippen molar-refractivity contribution in [3.8, 4) is 0 Å². The predicted octanol–water partition coefficient (Wildman–Crippen LogP) is 2.75. The Hall–Kier alpha value is -1.44. The first-order valence-corrected chi connectivity index (χ1v) is 4.88. The topological polar surface area (TPSA) is 42.0 Å². The number of rotatable bonds is 3. The lowest BCUT2D eigenvalue weighted by Gasteiger charge is -2.12. The summed E-state index contributed by atoms with van der Waals surface area (Å²) in [6.07, 6.45) is -7.10. The third-order valence-electron chi connectivity index (χ3n) is 1.84. The summed E-state index contributed by atoms with van der Waals surface area (Å²) in [7, 11) is 0. The monoisotopic (exact) mass is 288 g/mol. The molecule has 1 N–H and O–H groups in total. The molecule has 0 unspecified atom stereocenters. The minimum absolute atomic E-state index is 0.451. The average molecular weight is 289 g/mol. The maximum absolute atomic E-state index is 12.6. The molecule has 0 aromatic carbocycles. The molecule has 3 nitrogen and oxygen atoms in total. The van der Waals surface area contributed by atoms with Gasteiger partial charge in [-0.1, -0.05) is 11.6 Å². The summed E-state index contributed by atoms with van der Waals surface area (Å²) >= 11 is 5.29. The zero-order valence-corrected chi connectivity index (χ0v) is 9.32. The second-order valence-electron chi connectivity index (χ2n) is 3.15. The molecule has 0 aliphatic rings. The van der Waals surface area contributed by atoms with E-state index in [1.54, 1.807) is 5.32 Å². The van der Waals surface area contributed by atoms with Crippen molar-refractivity contribution in [1.29, 1.82) is 0 Å². The number of amides is 1. The van der Waals surface area contributed by atoms with Crippen LogP contribution in [0.25, 0.3) is 0 Å². The molecule has 9 heteroatoms. The molecule has 0 saturated carbocycles. The largest absolute Gasteiger partial charge is 0.417 e. The lowest BCUT2D eigenvalue weighted by atomic mass is 10.1. The zero-order chi connectivity index (χ0) is 13.9. The fourth-order valence-electron chi connectivity index (χ4n) is 1.11. The highest BCUT2D eigenvalue weighted by Crippen LogP contribution is 2.32. The molecule has 0 aliphatic heterocycles. The minimum atomic E-state index is -4.83. The molecule has 0 radical (unpaired) electrons. The van der Waals surface area contributed by atoms with E-state index in [0.717, 1.165) is 0 Å². The smallest absolute Gasteiger partial charge is 0.346 e. The molecule has 0 aliphatic carbocycles. The van der Waals surface area contributed by atoms with Crippen LogP contribution in [0.1, 0.15) is 15.9 Å². The number of pyridine rings is 1. The van der Waals surface area contributed by atoms with Crippen LogP contribution in [0, 0.1) is 0 Å². The fourth-order valence-corrected chi connectivity index (χ4v) is 1.27. The molecule has 0 atom stereocenters. The lowest BCUT2D eigenvalue weighted by molar-refractivity contribution is -0.138. The maximum Gasteiger partial charge on any atom is 0.417 e. The molecule has 1 heterocycles. The van der Waals surface area contributed by atoms with Crippen molar-refractivity contribution in [3.05, 3.63) is 28.5 Å². The summed E-state index contributed by atoms with van der Waals surface area (Å²) in [5, 5.41) is 1.21. The van der Waals surface area contributed by atoms with E-state index in [1.807, 2.05) is 0 Å². The van der Waals surface area contributed by atoms with Gasteiger partial charge < -0.3 is 5.32 Å². The third kappa shape index (κ3) is 3.80. The van der Waals surface area contributed by atoms with Gasteiger partial charge in [0, 0.05) is 6.20 Å². The predicted molar refractivity (Wildman–Crippen MR) is 52.6 cm³/mol. The van der Waals surface area contributed by atoms with Crippen molar-refractivity contribution in [2.24, 2.45) is 0 Å². The Labute approximate surface area is 103 Å². The highest BCUT2D eigenvalue weighted by molar-refractivity contribution is 6.29. The van der Waals surface area contributed by atoms with Crippen molar-refractivity contribution in [1.82, 2.24) is 10.3 Å². The Morgan fingerprint density at radius 2 is 2.06 bits per heavy atom. The minimum Gasteiger partial charge on any atom is -0.346 e. The molecule has 0 spiro atoms. The first-order chi connectivity index (χ1) is 8.21. The SMILES string of the molecule is O=C(NCC(F)F)c1cnc(Cl)cc1C(F)(F)F. The lowest BCUT2D eigenvalue weighted by Crippen LogP contribution is -2.30. The van der Waals surface area contributed by atoms with Crippen LogP contribution in [0.5, 0.6) is 0 Å². The quantitative estimate of drug-likeness (QED) is 0.686. The number of aromatic nitrogens is 1. The van der Waals surface area contributed by atoms with E-state index in [4.69, 9.17) is 11.6 Å². The van der Waals surface area contributed by atoms with Gasteiger partial charge in [-0.3, -0.25) is 4.79 Å². The van der Waals surface area contributed by atoms with Gasteiger partial charge in [-0.05, 0) is 6.07 Å². The van der Waals surface area contributed by atoms with Crippen LogP contribution < -0.4 is 5.32 Å². The van der Waals surface area contributed by atoms with Crippen molar-refractivity contribution in [2.75, 3.05) is 6.54 Å². The molecule has 100 valence electrons. The number of carbonyl (C=O) groups excluding carboxylic acids is 1. The van der Waals surface area contributed by atoms with E-state index in [-0.39, 0.29) is 0 Å². The van der Waals surface area contributed by atoms with Crippen molar-refractivity contribution in [3.63, 3.8) is 0 Å². The summed E-state index contributed by atoms with van der Waals surface area (Å²) in [4.78, 5) is 14.6. The molecule has 1 aromatic heterocycles. The Morgan fingerprint density at radius 3 is 2.56 bits per heavy atom. The van der Waals surface area contributed by atoms with Crippen LogP contribution in [0.4, 0.5) is 22.0 Å². The van der Waals surface area contributed by atoms with Crippen molar-refractivity contribution in [2.45, 2.75) is 12.6 Å². The van der Waals surface area contributed by atoms with Crippen molar-refractivity contribution >= 4 is 17.5 Å². The van der Waals surface area contributed by atoms with Crippen LogP contribution in [-0.2, 0) is 6.18 Å². The number of alkyl halides is 5. The number of hydrogen-bond acceptors (Lipinski definition) is 2. The molecule has 1 rings (SSSR count). The van der Waals surface area contributed by atoms with E-state index < -0.39 is 41.3 Å². The Bertz CT molecular complexity index is 449. The Balaban J connectivity index is 3.05. The summed E-state index contributed by atoms with van der Waals surface area (Å²) < 4.78 is 61.4. The summed E-state index contributed by atoms with van der Waals surface area (Å²) in [5.41, 5.74) is -2.18. The van der Waals surface area contributed by atoms with Crippen LogP contribution in [0.15, 0.2) is 12.3 Å². The van der Waals surface area contributed by atoms with Gasteiger partial charge in [0.15, 0.2) is 0 Å². The number of nitrogens with zero attached hydrogens (tertiary/aromatic N) is 1. The Morgan fingerprint density at radius 1 is 1.44 bits per heavy atom. The van der Waals surface area contributed by atoms with E-state index in [9.17, 15) is 26.7 Å². The molecular weight excluding hydrogens is 283 g/mol. The summed E-state index contributed by atoms with van der Waals surface area (Å²) in [5.74, 6) is -1.29. The summed E-state index contributed by atoms with van der Waals surface area (Å²) in [6, 6.07) is 0.457. The number of carbonyl (C=O) groups is 1. The molecule has 0 bridgehead atoms. The number of halogens is 6. The average Bonchev–Trinajstić information content (AvgIpc) is 2.24. The second-order valence-corrected chi connectivity index (χ2v) is 3.54. The van der Waals surface area contributed by atoms with Gasteiger partial charge in [-0.25, -0.2) is 13.8 Å². The van der Waals surface area contributed by atoms with E-state index in [1.165, 1.54) is 0 Å². The first-order valence-electron chi connectivity index (χ1n) is 4.51. The van der Waals surface area contributed by atoms with Gasteiger partial charge in [-0.2, -0.15) is 13.2 Å². The zero-order valence-electron chi connectivity index (χ0n) is 8.56. The van der Waals surface area contributed by atoms with Crippen molar-refractivity contribution < 1.29 is 26.7 Å². The molecule has 18 heavy (non-hydrogen) atoms. The van der Waals surface area contributed by atoms with Gasteiger partial charge in [0.05, 0.1) is 17.7 Å². The van der Waals surface area contributed by atoms with Crippen LogP contribution in [-0.4, -0.2) is 23.9 Å². The van der Waals surface area contributed by atoms with E-state index in [0.29, 0.717) is 12.3 Å². The van der Waals surface area contributed by atoms with Gasteiger partial charge in [0.1, 0.15) is 5.15 Å². The molecular formula is C9H6ClF5N2O. The Kier molecular flexibility index (Phi) is 4.44. The third-order valence-corrected chi connectivity index (χ3v) is 2.04. The van der Waals surface area contributed by atoms with E-state index in [2.05, 4.69) is 4.98 Å². The molecule has 0 saturated heterocycles. The molecule has 1 aromatic rings. The normalized spacial score (nSPS) is 11.7. The first kappa shape index (κ1) is 14.6. The maximum atomic E-state index is 12.6. The highest BCUT2D eigenvalue weighted by Gasteiger charge is 2.36. The number of nitrogens with one attached hydrogen (secondary N) is 1. The highest BCUT2D eigenvalue weighted by atomic mass is 35.5. The fraction of sp³-hybridized carbons (Fsp3) is 0.333. The number of hydrogen-bond donors (Lipinski definition) is 1. The van der Waals surface area contributed by atoms with Gasteiger partial charge in [0.2, 0.25) is 0 Å². The molecule has 0 fully saturated rings. The van der Waals surface area contributed by atoms with E-state index >= 15 is 0 Å². The van der Waals surface area contributed by atoms with Crippen LogP contribution in [0.3, 0.4) is 0 Å². The van der Waals surface area contributed by atoms with Gasteiger partial charge >= 0.3 is 6.18 Å². The second kappa shape index (κ2) is 5.47. The van der Waals surface area contributed by atoms with Crippen LogP contribution >= 0.6 is 11.6 Å². The standard InChI is InChI=1S/C9H6ClF5N2O/c10-6-1-5(9(13,14)15)4(2-16-6)8(18)17-3-7(11)12/h1-2,7H,3H2,(H,17,18). The van der Waals surface area contributed by atoms with Gasteiger partial charge in [-0.15, -0.1) is 0 Å². The van der Waals surface area contributed by atoms with Gasteiger partial charge in [0.25, 0.3) is 12.3 Å². The molecule has 1 amide bonds. The van der Waals surface area contributed by atoms with Crippen LogP contribution in [0.2, 0.25) is 5.15 Å².